The second-order valence-corrected chi connectivity index (χ2v) is 12.9. The normalized spacial score (nSPS) is 45.3. The third kappa shape index (κ3) is 3.74. The van der Waals surface area contributed by atoms with E-state index in [0.717, 1.165) is 54.3 Å². The predicted molar refractivity (Wildman–Crippen MR) is 128 cm³/mol. The lowest BCUT2D eigenvalue weighted by Gasteiger charge is -2.58. The monoisotopic (exact) mass is 414 g/mol. The van der Waals surface area contributed by atoms with Gasteiger partial charge in [0.1, 0.15) is 0 Å². The molecule has 1 heteroatoms. The smallest absolute Gasteiger partial charge is 0.0577 e. The Morgan fingerprint density at radius 1 is 1.00 bits per heavy atom. The lowest BCUT2D eigenvalue weighted by Crippen LogP contribution is -2.50. The summed E-state index contributed by atoms with van der Waals surface area (Å²) in [4.78, 5) is 0. The van der Waals surface area contributed by atoms with Gasteiger partial charge >= 0.3 is 0 Å². The van der Waals surface area contributed by atoms with Crippen LogP contribution in [0.25, 0.3) is 0 Å². The number of hydrogen-bond acceptors (Lipinski definition) is 1. The van der Waals surface area contributed by atoms with Crippen molar-refractivity contribution in [3.63, 3.8) is 0 Å². The molecule has 0 aromatic rings. The van der Waals surface area contributed by atoms with Gasteiger partial charge in [-0.2, -0.15) is 0 Å². The molecule has 0 bridgehead atoms. The molecular weight excluding hydrogens is 364 g/mol. The van der Waals surface area contributed by atoms with Gasteiger partial charge < -0.3 is 5.11 Å². The van der Waals surface area contributed by atoms with Crippen LogP contribution in [0, 0.1) is 52.3 Å². The molecule has 0 heterocycles. The molecule has 0 aliphatic heterocycles. The van der Waals surface area contributed by atoms with Gasteiger partial charge in [0.2, 0.25) is 0 Å². The van der Waals surface area contributed by atoms with Gasteiger partial charge in [-0.25, -0.2) is 0 Å². The molecule has 1 N–H and O–H groups in total. The highest BCUT2D eigenvalue weighted by atomic mass is 16.3. The molecule has 3 saturated carbocycles. The Hall–Kier alpha value is -0.300. The zero-order chi connectivity index (χ0) is 21.7. The quantitative estimate of drug-likeness (QED) is 0.436. The molecule has 1 nitrogen and oxygen atoms in total. The van der Waals surface area contributed by atoms with Crippen molar-refractivity contribution in [1.29, 1.82) is 0 Å². The molecule has 0 saturated heterocycles. The molecule has 3 fully saturated rings. The number of fused-ring (bicyclic) bond motifs is 5. The van der Waals surface area contributed by atoms with E-state index in [-0.39, 0.29) is 6.10 Å². The summed E-state index contributed by atoms with van der Waals surface area (Å²) in [7, 11) is 0. The Morgan fingerprint density at radius 2 is 1.77 bits per heavy atom. The fraction of sp³-hybridized carbons (Fsp3) is 0.931. The summed E-state index contributed by atoms with van der Waals surface area (Å²) in [5, 5.41) is 10.2. The number of allylic oxidation sites excluding steroid dienone is 1. The van der Waals surface area contributed by atoms with Gasteiger partial charge in [0.05, 0.1) is 6.10 Å². The second kappa shape index (κ2) is 8.57. The largest absolute Gasteiger partial charge is 0.393 e. The molecule has 0 amide bonds. The third-order valence-electron chi connectivity index (χ3n) is 11.3. The maximum Gasteiger partial charge on any atom is 0.0577 e. The van der Waals surface area contributed by atoms with E-state index in [2.05, 4.69) is 47.6 Å². The van der Waals surface area contributed by atoms with Crippen LogP contribution in [-0.2, 0) is 0 Å². The van der Waals surface area contributed by atoms with Gasteiger partial charge in [0.15, 0.2) is 0 Å². The van der Waals surface area contributed by atoms with E-state index in [4.69, 9.17) is 0 Å². The second-order valence-electron chi connectivity index (χ2n) is 12.9. The zero-order valence-corrected chi connectivity index (χ0v) is 20.9. The standard InChI is InChI=1S/C29H50O/c1-7-21(19(2)3)9-8-20(4)25-12-13-26-24-11-10-22-18-23(30)14-16-28(22,5)27(24)15-17-29(25,26)6/h10,19-21,23-27,30H,7-9,11-18H2,1-6H3/t20-,21-,23+,24-,25-,26-,27+,28+,29-/m1/s1. The van der Waals surface area contributed by atoms with E-state index < -0.39 is 0 Å². The predicted octanol–water partition coefficient (Wildman–Crippen LogP) is 8.02. The van der Waals surface area contributed by atoms with Crippen LogP contribution in [-0.4, -0.2) is 11.2 Å². The van der Waals surface area contributed by atoms with Gasteiger partial charge in [-0.05, 0) is 110 Å². The molecule has 172 valence electrons. The highest BCUT2D eigenvalue weighted by Gasteiger charge is 2.59. The summed E-state index contributed by atoms with van der Waals surface area (Å²) >= 11 is 0. The van der Waals surface area contributed by atoms with Crippen LogP contribution in [0.5, 0.6) is 0 Å². The maximum atomic E-state index is 10.2. The third-order valence-corrected chi connectivity index (χ3v) is 11.3. The van der Waals surface area contributed by atoms with Crippen molar-refractivity contribution in [2.24, 2.45) is 52.3 Å². The fourth-order valence-electron chi connectivity index (χ4n) is 9.30. The lowest BCUT2D eigenvalue weighted by atomic mass is 9.47. The minimum absolute atomic E-state index is 0.0794. The van der Waals surface area contributed by atoms with Crippen LogP contribution in [0.4, 0.5) is 0 Å². The van der Waals surface area contributed by atoms with Crippen LogP contribution < -0.4 is 0 Å². The fourth-order valence-corrected chi connectivity index (χ4v) is 9.30. The first-order valence-corrected chi connectivity index (χ1v) is 13.6. The summed E-state index contributed by atoms with van der Waals surface area (Å²) in [6, 6.07) is 0. The van der Waals surface area contributed by atoms with Gasteiger partial charge in [0.25, 0.3) is 0 Å². The first-order chi connectivity index (χ1) is 14.2. The Balaban J connectivity index is 1.47. The molecule has 0 aromatic heterocycles. The number of aliphatic hydroxyl groups is 1. The Morgan fingerprint density at radius 3 is 2.47 bits per heavy atom. The number of aliphatic hydroxyl groups excluding tert-OH is 1. The van der Waals surface area contributed by atoms with Crippen molar-refractivity contribution in [1.82, 2.24) is 0 Å². The van der Waals surface area contributed by atoms with Crippen molar-refractivity contribution < 1.29 is 5.11 Å². The first-order valence-electron chi connectivity index (χ1n) is 13.6. The van der Waals surface area contributed by atoms with Crippen LogP contribution >= 0.6 is 0 Å². The van der Waals surface area contributed by atoms with Crippen LogP contribution in [0.3, 0.4) is 0 Å². The molecular formula is C29H50O. The molecule has 0 unspecified atom stereocenters. The van der Waals surface area contributed by atoms with Crippen molar-refractivity contribution in [3.8, 4) is 0 Å². The molecule has 30 heavy (non-hydrogen) atoms. The molecule has 4 aliphatic rings. The van der Waals surface area contributed by atoms with E-state index in [9.17, 15) is 5.11 Å². The zero-order valence-electron chi connectivity index (χ0n) is 20.9. The average Bonchev–Trinajstić information content (AvgIpc) is 3.06. The Bertz CT molecular complexity index is 634. The highest BCUT2D eigenvalue weighted by Crippen LogP contribution is 2.67. The number of rotatable bonds is 6. The van der Waals surface area contributed by atoms with Crippen molar-refractivity contribution in [2.45, 2.75) is 118 Å². The highest BCUT2D eigenvalue weighted by molar-refractivity contribution is 5.25. The van der Waals surface area contributed by atoms with E-state index in [1.54, 1.807) is 5.57 Å². The van der Waals surface area contributed by atoms with Crippen LogP contribution in [0.1, 0.15) is 112 Å². The average molecular weight is 415 g/mol. The van der Waals surface area contributed by atoms with Crippen LogP contribution in [0.2, 0.25) is 0 Å². The Labute approximate surface area is 187 Å². The molecule has 4 aliphatic carbocycles. The van der Waals surface area contributed by atoms with Gasteiger partial charge in [-0.3, -0.25) is 0 Å². The maximum absolute atomic E-state index is 10.2. The molecule has 4 rings (SSSR count). The molecule has 0 radical (unpaired) electrons. The summed E-state index contributed by atoms with van der Waals surface area (Å²) in [6.45, 7) is 15.1. The van der Waals surface area contributed by atoms with Gasteiger partial charge in [-0.15, -0.1) is 0 Å². The van der Waals surface area contributed by atoms with E-state index in [1.165, 1.54) is 57.8 Å². The van der Waals surface area contributed by atoms with Crippen molar-refractivity contribution in [2.75, 3.05) is 0 Å². The van der Waals surface area contributed by atoms with Crippen molar-refractivity contribution in [3.05, 3.63) is 11.6 Å². The summed E-state index contributed by atoms with van der Waals surface area (Å²) in [6.07, 6.45) is 17.1. The molecule has 0 spiro atoms. The minimum atomic E-state index is -0.0794. The first kappa shape index (κ1) is 22.9. The number of hydrogen-bond donors (Lipinski definition) is 1. The van der Waals surface area contributed by atoms with E-state index in [0.29, 0.717) is 10.8 Å². The van der Waals surface area contributed by atoms with Gasteiger partial charge in [-0.1, -0.05) is 66.0 Å². The minimum Gasteiger partial charge on any atom is -0.393 e. The topological polar surface area (TPSA) is 20.2 Å². The Kier molecular flexibility index (Phi) is 6.53. The SMILES string of the molecule is CC[C@H](CC[C@@H](C)[C@H]1CC[C@@H]2[C@H]3CC=C4C[C@@H](O)CC[C@]4(C)[C@H]3CC[C@@]21C)C(C)C. The van der Waals surface area contributed by atoms with E-state index in [1.807, 2.05) is 0 Å². The van der Waals surface area contributed by atoms with Gasteiger partial charge in [0, 0.05) is 0 Å². The molecule has 0 aromatic carbocycles. The summed E-state index contributed by atoms with van der Waals surface area (Å²) in [5.74, 6) is 6.31. The van der Waals surface area contributed by atoms with Crippen molar-refractivity contribution >= 4 is 0 Å². The summed E-state index contributed by atoms with van der Waals surface area (Å²) in [5.41, 5.74) is 2.59. The van der Waals surface area contributed by atoms with Crippen LogP contribution in [0.15, 0.2) is 11.6 Å². The van der Waals surface area contributed by atoms with E-state index >= 15 is 0 Å². The lowest BCUT2D eigenvalue weighted by molar-refractivity contribution is -0.0575. The molecule has 9 atom stereocenters. The summed E-state index contributed by atoms with van der Waals surface area (Å²) < 4.78 is 0.